The molecule has 1 aliphatic heterocycles. The molecule has 1 saturated heterocycles. The number of aromatic amines is 1. The molecule has 1 aromatic carbocycles. The van der Waals surface area contributed by atoms with E-state index in [4.69, 9.17) is 11.7 Å². The fourth-order valence-corrected chi connectivity index (χ4v) is 5.15. The molecular weight excluding hydrogens is 426 g/mol. The zero-order valence-electron chi connectivity index (χ0n) is 20.9. The Bertz CT molecular complexity index is 1260. The van der Waals surface area contributed by atoms with Gasteiger partial charge in [-0.2, -0.15) is 5.10 Å². The Labute approximate surface area is 201 Å². The number of hydrogen-bond acceptors (Lipinski definition) is 5. The normalized spacial score (nSPS) is 15.7. The second kappa shape index (κ2) is 9.54. The van der Waals surface area contributed by atoms with Gasteiger partial charge in [0.25, 0.3) is 0 Å². The van der Waals surface area contributed by atoms with Crippen LogP contribution < -0.4 is 17.2 Å². The van der Waals surface area contributed by atoms with Crippen molar-refractivity contribution in [2.75, 3.05) is 39.6 Å². The second-order valence-corrected chi connectivity index (χ2v) is 10.0. The van der Waals surface area contributed by atoms with Crippen LogP contribution in [0.25, 0.3) is 22.2 Å². The van der Waals surface area contributed by atoms with E-state index in [9.17, 15) is 4.79 Å². The molecule has 3 heterocycles. The first-order valence-electron chi connectivity index (χ1n) is 12.0. The summed E-state index contributed by atoms with van der Waals surface area (Å²) in [6.07, 6.45) is 3.88. The zero-order chi connectivity index (χ0) is 24.6. The van der Waals surface area contributed by atoms with Gasteiger partial charge in [-0.1, -0.05) is 19.9 Å². The van der Waals surface area contributed by atoms with Crippen LogP contribution in [0.15, 0.2) is 35.6 Å². The number of hydrogen-bond donors (Lipinski definition) is 3. The maximum atomic E-state index is 12.4. The molecule has 1 fully saturated rings. The molecule has 34 heavy (non-hydrogen) atoms. The van der Waals surface area contributed by atoms with Crippen molar-refractivity contribution in [1.29, 1.82) is 0 Å². The molecule has 8 nitrogen and oxygen atoms in total. The number of benzene rings is 1. The third-order valence-corrected chi connectivity index (χ3v) is 6.92. The van der Waals surface area contributed by atoms with E-state index in [1.54, 1.807) is 0 Å². The first-order valence-corrected chi connectivity index (χ1v) is 12.0. The van der Waals surface area contributed by atoms with Gasteiger partial charge in [-0.05, 0) is 80.6 Å². The van der Waals surface area contributed by atoms with Crippen LogP contribution in [-0.2, 0) is 4.79 Å². The largest absolute Gasteiger partial charge is 0.354 e. The van der Waals surface area contributed by atoms with Crippen LogP contribution in [0.5, 0.6) is 0 Å². The number of nitrogens with zero attached hydrogens (tertiary/aromatic N) is 4. The summed E-state index contributed by atoms with van der Waals surface area (Å²) in [6.45, 7) is 8.61. The fraction of sp³-hybridized carbons (Fsp3) is 0.462. The van der Waals surface area contributed by atoms with Crippen LogP contribution in [0.3, 0.4) is 0 Å². The van der Waals surface area contributed by atoms with Crippen molar-refractivity contribution in [3.8, 4) is 11.3 Å². The molecule has 8 heteroatoms. The molecule has 0 bridgehead atoms. The van der Waals surface area contributed by atoms with Crippen LogP contribution in [0, 0.1) is 6.92 Å². The van der Waals surface area contributed by atoms with Crippen LogP contribution in [0.1, 0.15) is 55.2 Å². The molecular formula is C26H37N7O. The lowest BCUT2D eigenvalue weighted by atomic mass is 9.87. The first-order chi connectivity index (χ1) is 16.2. The molecule has 182 valence electrons. The molecule has 5 N–H and O–H groups in total. The van der Waals surface area contributed by atoms with E-state index in [1.165, 1.54) is 21.2 Å². The van der Waals surface area contributed by atoms with E-state index in [0.717, 1.165) is 48.3 Å². The molecule has 1 amide bonds. The quantitative estimate of drug-likeness (QED) is 0.399. The number of H-pyrrole nitrogens is 1. The number of carbonyl (C=O) groups excluding carboxylic acids is 1. The highest BCUT2D eigenvalue weighted by Crippen LogP contribution is 2.38. The smallest absolute Gasteiger partial charge is 0.236 e. The van der Waals surface area contributed by atoms with Crippen molar-refractivity contribution in [3.63, 3.8) is 0 Å². The minimum absolute atomic E-state index is 0.220. The van der Waals surface area contributed by atoms with Gasteiger partial charge in [0.2, 0.25) is 5.91 Å². The third-order valence-electron chi connectivity index (χ3n) is 6.92. The Balaban J connectivity index is 1.67. The van der Waals surface area contributed by atoms with Crippen LogP contribution >= 0.6 is 0 Å². The average molecular weight is 464 g/mol. The predicted octanol–water partition coefficient (Wildman–Crippen LogP) is 2.82. The Hall–Kier alpha value is -3.26. The maximum absolute atomic E-state index is 12.4. The minimum Gasteiger partial charge on any atom is -0.354 e. The lowest BCUT2D eigenvalue weighted by Gasteiger charge is -2.33. The van der Waals surface area contributed by atoms with Gasteiger partial charge >= 0.3 is 0 Å². The molecule has 0 radical (unpaired) electrons. The number of nitrogen functional groups attached to an aromatic ring is 1. The SMILES string of the molecule is Cc1c/c(=N/N)n(N)cc1-c1[nH]c2ccc(C3CCN(C(=O)CN(C)C)CC3)cc2c1C(C)C. The fourth-order valence-electron chi connectivity index (χ4n) is 5.15. The molecule has 0 aliphatic carbocycles. The molecule has 3 aromatic rings. The highest BCUT2D eigenvalue weighted by molar-refractivity contribution is 5.92. The molecule has 2 aromatic heterocycles. The Morgan fingerprint density at radius 2 is 1.94 bits per heavy atom. The third kappa shape index (κ3) is 4.55. The number of pyridine rings is 1. The number of carbonyl (C=O) groups is 1. The van der Waals surface area contributed by atoms with Gasteiger partial charge in [0, 0.05) is 35.8 Å². The number of fused-ring (bicyclic) bond motifs is 1. The number of aromatic nitrogens is 2. The number of likely N-dealkylation sites (N-methyl/N-ethyl adjacent to an activating group) is 1. The van der Waals surface area contributed by atoms with Crippen molar-refractivity contribution >= 4 is 16.8 Å². The molecule has 0 atom stereocenters. The summed E-state index contributed by atoms with van der Waals surface area (Å²) >= 11 is 0. The van der Waals surface area contributed by atoms with Crippen molar-refractivity contribution in [2.24, 2.45) is 10.9 Å². The summed E-state index contributed by atoms with van der Waals surface area (Å²) in [5, 5.41) is 5.01. The number of nitrogens with two attached hydrogens (primary N) is 2. The number of amides is 1. The Morgan fingerprint density at radius 3 is 2.56 bits per heavy atom. The van der Waals surface area contributed by atoms with E-state index in [1.807, 2.05) is 36.2 Å². The summed E-state index contributed by atoms with van der Waals surface area (Å²) in [5.41, 5.74) is 7.49. The van der Waals surface area contributed by atoms with Gasteiger partial charge in [0.1, 0.15) is 0 Å². The van der Waals surface area contributed by atoms with E-state index >= 15 is 0 Å². The number of piperidine rings is 1. The van der Waals surface area contributed by atoms with Gasteiger partial charge in [-0.15, -0.1) is 0 Å². The van der Waals surface area contributed by atoms with E-state index in [2.05, 4.69) is 49.1 Å². The first kappa shape index (κ1) is 23.9. The lowest BCUT2D eigenvalue weighted by Crippen LogP contribution is -2.42. The molecule has 0 unspecified atom stereocenters. The van der Waals surface area contributed by atoms with E-state index < -0.39 is 0 Å². The summed E-state index contributed by atoms with van der Waals surface area (Å²) in [6, 6.07) is 8.68. The topological polar surface area (TPSA) is 109 Å². The molecule has 0 spiro atoms. The van der Waals surface area contributed by atoms with Gasteiger partial charge < -0.3 is 26.5 Å². The van der Waals surface area contributed by atoms with Crippen LogP contribution in [-0.4, -0.2) is 59.1 Å². The van der Waals surface area contributed by atoms with E-state index in [0.29, 0.717) is 23.9 Å². The number of aryl methyl sites for hydroxylation is 1. The molecule has 1 aliphatic rings. The number of rotatable bonds is 5. The lowest BCUT2D eigenvalue weighted by molar-refractivity contribution is -0.132. The standard InChI is InChI=1S/C26H37N7O/c1-16(2)25-20-13-19(18-8-10-32(11-9-18)24(34)15-31(4)5)6-7-22(20)29-26(25)21-14-33(28)23(30-27)12-17(21)3/h6-7,12-14,16,18,29H,8-11,15,27-28H2,1-5H3/b30-23-. The van der Waals surface area contributed by atoms with Gasteiger partial charge in [-0.3, -0.25) is 9.47 Å². The summed E-state index contributed by atoms with van der Waals surface area (Å²) < 4.78 is 1.47. The second-order valence-electron chi connectivity index (χ2n) is 10.0. The highest BCUT2D eigenvalue weighted by Gasteiger charge is 2.25. The van der Waals surface area contributed by atoms with Gasteiger partial charge in [0.05, 0.1) is 12.2 Å². The van der Waals surface area contributed by atoms with E-state index in [-0.39, 0.29) is 5.91 Å². The minimum atomic E-state index is 0.220. The van der Waals surface area contributed by atoms with Crippen molar-refractivity contribution in [3.05, 3.63) is 52.6 Å². The number of nitrogens with one attached hydrogen (secondary N) is 1. The predicted molar refractivity (Wildman–Crippen MR) is 138 cm³/mol. The maximum Gasteiger partial charge on any atom is 0.236 e. The zero-order valence-corrected chi connectivity index (χ0v) is 20.9. The highest BCUT2D eigenvalue weighted by atomic mass is 16.2. The van der Waals surface area contributed by atoms with Crippen molar-refractivity contribution in [2.45, 2.75) is 45.4 Å². The Kier molecular flexibility index (Phi) is 6.70. The summed E-state index contributed by atoms with van der Waals surface area (Å²) in [5.74, 6) is 12.6. The van der Waals surface area contributed by atoms with Gasteiger partial charge in [-0.25, -0.2) is 0 Å². The van der Waals surface area contributed by atoms with Crippen LogP contribution in [0.4, 0.5) is 0 Å². The van der Waals surface area contributed by atoms with Gasteiger partial charge in [0.15, 0.2) is 5.49 Å². The molecule has 0 saturated carbocycles. The van der Waals surface area contributed by atoms with Crippen LogP contribution in [0.2, 0.25) is 0 Å². The average Bonchev–Trinajstić information content (AvgIpc) is 3.18. The number of likely N-dealkylation sites (tertiary alicyclic amines) is 1. The monoisotopic (exact) mass is 463 g/mol. The van der Waals surface area contributed by atoms with Crippen molar-refractivity contribution < 1.29 is 4.79 Å². The Morgan fingerprint density at radius 1 is 1.24 bits per heavy atom. The molecule has 4 rings (SSSR count). The summed E-state index contributed by atoms with van der Waals surface area (Å²) in [7, 11) is 3.88. The summed E-state index contributed by atoms with van der Waals surface area (Å²) in [4.78, 5) is 20.0. The van der Waals surface area contributed by atoms with Crippen molar-refractivity contribution in [1.82, 2.24) is 19.5 Å².